The number of imidazole rings is 1. The van der Waals surface area contributed by atoms with E-state index in [4.69, 9.17) is 5.73 Å². The molecule has 0 spiro atoms. The average molecular weight is 255 g/mol. The standard InChI is InChI=1S/C12H12F3N3/c1-7(16)11-17-6-10(18-11)8-2-4-9(5-3-8)12(13,14)15/h2-7H,16H2,1H3,(H,17,18). The minimum atomic E-state index is -4.32. The Morgan fingerprint density at radius 2 is 1.83 bits per heavy atom. The summed E-state index contributed by atoms with van der Waals surface area (Å²) in [6.45, 7) is 1.77. The van der Waals surface area contributed by atoms with Gasteiger partial charge in [-0.2, -0.15) is 13.2 Å². The molecule has 0 radical (unpaired) electrons. The van der Waals surface area contributed by atoms with E-state index < -0.39 is 11.7 Å². The molecule has 0 aliphatic carbocycles. The van der Waals surface area contributed by atoms with Gasteiger partial charge in [0.1, 0.15) is 5.82 Å². The number of aromatic nitrogens is 2. The SMILES string of the molecule is CC(N)c1ncc(-c2ccc(C(F)(F)F)cc2)[nH]1. The number of H-pyrrole nitrogens is 1. The topological polar surface area (TPSA) is 54.7 Å². The number of nitrogens with zero attached hydrogens (tertiary/aromatic N) is 1. The van der Waals surface area contributed by atoms with Crippen LogP contribution < -0.4 is 5.73 Å². The summed E-state index contributed by atoms with van der Waals surface area (Å²) in [5, 5.41) is 0. The fourth-order valence-corrected chi connectivity index (χ4v) is 1.55. The highest BCUT2D eigenvalue weighted by atomic mass is 19.4. The first kappa shape index (κ1) is 12.6. The Morgan fingerprint density at radius 3 is 2.28 bits per heavy atom. The van der Waals surface area contributed by atoms with E-state index in [2.05, 4.69) is 9.97 Å². The van der Waals surface area contributed by atoms with Crippen LogP contribution in [0.3, 0.4) is 0 Å². The van der Waals surface area contributed by atoms with E-state index >= 15 is 0 Å². The maximum atomic E-state index is 12.4. The molecule has 3 nitrogen and oxygen atoms in total. The van der Waals surface area contributed by atoms with Crippen LogP contribution in [0.2, 0.25) is 0 Å². The summed E-state index contributed by atoms with van der Waals surface area (Å²) < 4.78 is 37.2. The lowest BCUT2D eigenvalue weighted by Gasteiger charge is -2.06. The number of aromatic amines is 1. The molecule has 0 amide bonds. The molecule has 0 aliphatic rings. The second-order valence-electron chi connectivity index (χ2n) is 4.05. The molecule has 0 saturated carbocycles. The van der Waals surface area contributed by atoms with Gasteiger partial charge in [-0.25, -0.2) is 4.98 Å². The summed E-state index contributed by atoms with van der Waals surface area (Å²) in [6.07, 6.45) is -2.76. The summed E-state index contributed by atoms with van der Waals surface area (Å²) >= 11 is 0. The summed E-state index contributed by atoms with van der Waals surface area (Å²) in [4.78, 5) is 7.03. The molecule has 0 saturated heterocycles. The van der Waals surface area contributed by atoms with Gasteiger partial charge in [-0.1, -0.05) is 12.1 Å². The Balaban J connectivity index is 2.29. The Kier molecular flexibility index (Phi) is 3.13. The molecule has 1 aromatic carbocycles. The van der Waals surface area contributed by atoms with Gasteiger partial charge in [0.15, 0.2) is 0 Å². The number of alkyl halides is 3. The molecule has 1 atom stereocenters. The van der Waals surface area contributed by atoms with E-state index in [1.807, 2.05) is 0 Å². The third-order valence-corrected chi connectivity index (χ3v) is 2.55. The van der Waals surface area contributed by atoms with E-state index in [1.54, 1.807) is 13.1 Å². The fraction of sp³-hybridized carbons (Fsp3) is 0.250. The first-order valence-electron chi connectivity index (χ1n) is 5.36. The first-order valence-corrected chi connectivity index (χ1v) is 5.36. The fourth-order valence-electron chi connectivity index (χ4n) is 1.55. The van der Waals surface area contributed by atoms with Crippen molar-refractivity contribution >= 4 is 0 Å². The summed E-state index contributed by atoms with van der Waals surface area (Å²) in [6, 6.07) is 4.65. The van der Waals surface area contributed by atoms with Crippen LogP contribution in [0.1, 0.15) is 24.4 Å². The van der Waals surface area contributed by atoms with Crippen molar-refractivity contribution in [2.45, 2.75) is 19.1 Å². The smallest absolute Gasteiger partial charge is 0.341 e. The normalized spacial score (nSPS) is 13.6. The number of halogens is 3. The van der Waals surface area contributed by atoms with Crippen LogP contribution in [0.5, 0.6) is 0 Å². The maximum Gasteiger partial charge on any atom is 0.416 e. The zero-order chi connectivity index (χ0) is 13.3. The molecule has 96 valence electrons. The second kappa shape index (κ2) is 4.45. The maximum absolute atomic E-state index is 12.4. The van der Waals surface area contributed by atoms with Crippen molar-refractivity contribution in [3.8, 4) is 11.3 Å². The molecule has 2 aromatic rings. The number of nitrogens with one attached hydrogen (secondary N) is 1. The van der Waals surface area contributed by atoms with Crippen LogP contribution in [0.4, 0.5) is 13.2 Å². The lowest BCUT2D eigenvalue weighted by atomic mass is 10.1. The Morgan fingerprint density at radius 1 is 1.22 bits per heavy atom. The number of nitrogens with two attached hydrogens (primary N) is 1. The van der Waals surface area contributed by atoms with Crippen molar-refractivity contribution in [3.63, 3.8) is 0 Å². The zero-order valence-corrected chi connectivity index (χ0v) is 9.62. The molecule has 0 aliphatic heterocycles. The first-order chi connectivity index (χ1) is 8.38. The van der Waals surface area contributed by atoms with E-state index in [1.165, 1.54) is 12.1 Å². The Bertz CT molecular complexity index is 526. The largest absolute Gasteiger partial charge is 0.416 e. The Hall–Kier alpha value is -1.82. The number of rotatable bonds is 2. The highest BCUT2D eigenvalue weighted by Crippen LogP contribution is 2.30. The van der Waals surface area contributed by atoms with Gasteiger partial charge >= 0.3 is 6.18 Å². The van der Waals surface area contributed by atoms with Crippen LogP contribution in [-0.4, -0.2) is 9.97 Å². The third-order valence-electron chi connectivity index (χ3n) is 2.55. The van der Waals surface area contributed by atoms with Crippen molar-refractivity contribution < 1.29 is 13.2 Å². The van der Waals surface area contributed by atoms with Crippen molar-refractivity contribution in [2.24, 2.45) is 5.73 Å². The number of hydrogen-bond acceptors (Lipinski definition) is 2. The van der Waals surface area contributed by atoms with Crippen molar-refractivity contribution in [2.75, 3.05) is 0 Å². The van der Waals surface area contributed by atoms with E-state index in [9.17, 15) is 13.2 Å². The molecule has 18 heavy (non-hydrogen) atoms. The Labute approximate surface area is 102 Å². The van der Waals surface area contributed by atoms with Gasteiger partial charge in [-0.3, -0.25) is 0 Å². The minimum absolute atomic E-state index is 0.242. The quantitative estimate of drug-likeness (QED) is 0.866. The lowest BCUT2D eigenvalue weighted by Crippen LogP contribution is -2.06. The predicted molar refractivity (Wildman–Crippen MR) is 61.6 cm³/mol. The highest BCUT2D eigenvalue weighted by molar-refractivity contribution is 5.59. The summed E-state index contributed by atoms with van der Waals surface area (Å²) in [5.41, 5.74) is 6.27. The molecule has 3 N–H and O–H groups in total. The molecule has 1 heterocycles. The van der Waals surface area contributed by atoms with Gasteiger partial charge in [0.25, 0.3) is 0 Å². The van der Waals surface area contributed by atoms with Crippen LogP contribution in [0.25, 0.3) is 11.3 Å². The van der Waals surface area contributed by atoms with Crippen LogP contribution in [0, 0.1) is 0 Å². The molecule has 2 rings (SSSR count). The molecule has 0 bridgehead atoms. The number of benzene rings is 1. The van der Waals surface area contributed by atoms with E-state index in [-0.39, 0.29) is 6.04 Å². The molecule has 1 unspecified atom stereocenters. The highest BCUT2D eigenvalue weighted by Gasteiger charge is 2.30. The summed E-state index contributed by atoms with van der Waals surface area (Å²) in [5.74, 6) is 0.602. The predicted octanol–water partition coefficient (Wildman–Crippen LogP) is 3.12. The summed E-state index contributed by atoms with van der Waals surface area (Å²) in [7, 11) is 0. The van der Waals surface area contributed by atoms with Crippen LogP contribution in [0.15, 0.2) is 30.5 Å². The molecule has 0 fully saturated rings. The minimum Gasteiger partial charge on any atom is -0.341 e. The lowest BCUT2D eigenvalue weighted by molar-refractivity contribution is -0.137. The second-order valence-corrected chi connectivity index (χ2v) is 4.05. The van der Waals surface area contributed by atoms with E-state index in [0.29, 0.717) is 17.1 Å². The van der Waals surface area contributed by atoms with Crippen LogP contribution >= 0.6 is 0 Å². The van der Waals surface area contributed by atoms with E-state index in [0.717, 1.165) is 12.1 Å². The van der Waals surface area contributed by atoms with Crippen molar-refractivity contribution in [3.05, 3.63) is 41.9 Å². The molecular formula is C12H12F3N3. The van der Waals surface area contributed by atoms with Gasteiger partial charge < -0.3 is 10.7 Å². The van der Waals surface area contributed by atoms with Gasteiger partial charge in [0.2, 0.25) is 0 Å². The molecular weight excluding hydrogens is 243 g/mol. The zero-order valence-electron chi connectivity index (χ0n) is 9.62. The van der Waals surface area contributed by atoms with Crippen molar-refractivity contribution in [1.29, 1.82) is 0 Å². The van der Waals surface area contributed by atoms with Gasteiger partial charge in [-0.05, 0) is 24.6 Å². The third kappa shape index (κ3) is 2.53. The van der Waals surface area contributed by atoms with Gasteiger partial charge in [-0.15, -0.1) is 0 Å². The van der Waals surface area contributed by atoms with Crippen LogP contribution in [-0.2, 0) is 6.18 Å². The average Bonchev–Trinajstić information content (AvgIpc) is 2.77. The van der Waals surface area contributed by atoms with Crippen molar-refractivity contribution in [1.82, 2.24) is 9.97 Å². The molecule has 1 aromatic heterocycles. The number of hydrogen-bond donors (Lipinski definition) is 2. The van der Waals surface area contributed by atoms with Gasteiger partial charge in [0, 0.05) is 0 Å². The van der Waals surface area contributed by atoms with Gasteiger partial charge in [0.05, 0.1) is 23.5 Å². The monoisotopic (exact) mass is 255 g/mol. The molecule has 6 heteroatoms.